The number of carbonyl (C=O) groups is 1. The maximum Gasteiger partial charge on any atom is 0.261 e. The number of halogens is 1. The van der Waals surface area contributed by atoms with E-state index in [2.05, 4.69) is 30.5 Å². The molecule has 0 spiro atoms. The van der Waals surface area contributed by atoms with Gasteiger partial charge in [-0.3, -0.25) is 10.1 Å². The second-order valence-corrected chi connectivity index (χ2v) is 8.46. The number of nitrogens with one attached hydrogen (secondary N) is 2. The average Bonchev–Trinajstić information content (AvgIpc) is 3.32. The first-order chi connectivity index (χ1) is 14.6. The molecule has 156 valence electrons. The van der Waals surface area contributed by atoms with Crippen molar-refractivity contribution >= 4 is 29.4 Å². The summed E-state index contributed by atoms with van der Waals surface area (Å²) in [4.78, 5) is 19.6. The Hall–Kier alpha value is -2.87. The molecule has 1 aliphatic carbocycles. The van der Waals surface area contributed by atoms with Crippen LogP contribution < -0.4 is 10.2 Å². The quantitative estimate of drug-likeness (QED) is 0.642. The first kappa shape index (κ1) is 19.1. The van der Waals surface area contributed by atoms with E-state index in [1.165, 1.54) is 6.42 Å². The topological polar surface area (TPSA) is 91.7 Å². The van der Waals surface area contributed by atoms with Crippen molar-refractivity contribution in [1.82, 2.24) is 25.0 Å². The van der Waals surface area contributed by atoms with Crippen LogP contribution in [0.5, 0.6) is 0 Å². The molecule has 0 unspecified atom stereocenters. The molecule has 2 aromatic heterocycles. The molecule has 1 aromatic carbocycles. The van der Waals surface area contributed by atoms with Crippen LogP contribution >= 0.6 is 11.6 Å². The summed E-state index contributed by atoms with van der Waals surface area (Å²) in [5.74, 6) is 1.08. The third-order valence-electron chi connectivity index (χ3n) is 5.76. The van der Waals surface area contributed by atoms with E-state index in [1.807, 2.05) is 29.8 Å². The van der Waals surface area contributed by atoms with Gasteiger partial charge in [-0.2, -0.15) is 10.1 Å². The number of H-pyrrole nitrogens is 1. The van der Waals surface area contributed by atoms with E-state index >= 15 is 0 Å². The number of aromatic amines is 1. The lowest BCUT2D eigenvalue weighted by Gasteiger charge is -2.24. The standard InChI is InChI=1S/C21H24ClN7O/c1-13-5-8-15(11-17(13)22)29-18(14-6-7-14)16(12-23-29)19(30)24-20-25-21(27-26-20)28-9-3-2-4-10-28/h5,8,11-12,14H,2-4,6-7,9-10H2,1H3,(H2,24,25,26,27,30). The Morgan fingerprint density at radius 2 is 2.03 bits per heavy atom. The number of carbonyl (C=O) groups excluding carboxylic acids is 1. The summed E-state index contributed by atoms with van der Waals surface area (Å²) in [5, 5.41) is 15.1. The molecule has 2 N–H and O–H groups in total. The molecule has 8 nitrogen and oxygen atoms in total. The van der Waals surface area contributed by atoms with Crippen LogP contribution in [0.15, 0.2) is 24.4 Å². The zero-order valence-corrected chi connectivity index (χ0v) is 17.6. The van der Waals surface area contributed by atoms with Gasteiger partial charge in [0.2, 0.25) is 11.9 Å². The van der Waals surface area contributed by atoms with Crippen LogP contribution in [0.4, 0.5) is 11.9 Å². The first-order valence-corrected chi connectivity index (χ1v) is 10.8. The largest absolute Gasteiger partial charge is 0.340 e. The van der Waals surface area contributed by atoms with Crippen LogP contribution in [-0.4, -0.2) is 44.0 Å². The van der Waals surface area contributed by atoms with E-state index in [0.717, 1.165) is 55.7 Å². The third kappa shape index (κ3) is 3.67. The summed E-state index contributed by atoms with van der Waals surface area (Å²) in [6.45, 7) is 3.86. The lowest BCUT2D eigenvalue weighted by molar-refractivity contribution is 0.102. The van der Waals surface area contributed by atoms with Crippen molar-refractivity contribution in [2.75, 3.05) is 23.3 Å². The number of hydrogen-bond donors (Lipinski definition) is 2. The van der Waals surface area contributed by atoms with Crippen LogP contribution in [0, 0.1) is 6.92 Å². The molecule has 3 heterocycles. The van der Waals surface area contributed by atoms with Crippen LogP contribution in [-0.2, 0) is 0 Å². The van der Waals surface area contributed by atoms with Gasteiger partial charge in [0.05, 0.1) is 23.1 Å². The molecule has 9 heteroatoms. The number of piperidine rings is 1. The number of anilines is 2. The number of hydrogen-bond acceptors (Lipinski definition) is 5. The highest BCUT2D eigenvalue weighted by molar-refractivity contribution is 6.31. The van der Waals surface area contributed by atoms with Gasteiger partial charge in [-0.25, -0.2) is 9.78 Å². The summed E-state index contributed by atoms with van der Waals surface area (Å²) in [6, 6.07) is 5.83. The number of aromatic nitrogens is 5. The van der Waals surface area contributed by atoms with Crippen LogP contribution in [0.25, 0.3) is 5.69 Å². The van der Waals surface area contributed by atoms with Gasteiger partial charge in [0, 0.05) is 24.0 Å². The Morgan fingerprint density at radius 1 is 1.23 bits per heavy atom. The number of rotatable bonds is 5. The van der Waals surface area contributed by atoms with E-state index < -0.39 is 0 Å². The second kappa shape index (κ2) is 7.75. The van der Waals surface area contributed by atoms with Gasteiger partial charge < -0.3 is 4.90 Å². The van der Waals surface area contributed by atoms with Crippen molar-refractivity contribution in [3.8, 4) is 5.69 Å². The van der Waals surface area contributed by atoms with Crippen molar-refractivity contribution in [1.29, 1.82) is 0 Å². The normalized spacial score (nSPS) is 16.7. The number of aryl methyl sites for hydroxylation is 1. The predicted octanol–water partition coefficient (Wildman–Crippen LogP) is 4.07. The van der Waals surface area contributed by atoms with E-state index in [4.69, 9.17) is 11.6 Å². The highest BCUT2D eigenvalue weighted by Gasteiger charge is 2.33. The van der Waals surface area contributed by atoms with Crippen LogP contribution in [0.3, 0.4) is 0 Å². The Bertz CT molecular complexity index is 1080. The minimum absolute atomic E-state index is 0.234. The summed E-state index contributed by atoms with van der Waals surface area (Å²) >= 11 is 6.31. The lowest BCUT2D eigenvalue weighted by Crippen LogP contribution is -2.30. The van der Waals surface area contributed by atoms with Gasteiger partial charge in [-0.05, 0) is 56.7 Å². The van der Waals surface area contributed by atoms with Crippen molar-refractivity contribution in [3.05, 3.63) is 46.2 Å². The number of nitrogens with zero attached hydrogens (tertiary/aromatic N) is 5. The fourth-order valence-electron chi connectivity index (χ4n) is 3.92. The fraction of sp³-hybridized carbons (Fsp3) is 0.429. The molecule has 1 aliphatic heterocycles. The molecule has 1 amide bonds. The Kier molecular flexibility index (Phi) is 4.94. The molecule has 0 bridgehead atoms. The van der Waals surface area contributed by atoms with Gasteiger partial charge >= 0.3 is 0 Å². The predicted molar refractivity (Wildman–Crippen MR) is 116 cm³/mol. The molecular formula is C21H24ClN7O. The highest BCUT2D eigenvalue weighted by Crippen LogP contribution is 2.42. The third-order valence-corrected chi connectivity index (χ3v) is 6.17. The molecule has 1 saturated carbocycles. The summed E-state index contributed by atoms with van der Waals surface area (Å²) < 4.78 is 1.83. The Balaban J connectivity index is 1.39. The van der Waals surface area contributed by atoms with Gasteiger partial charge in [-0.1, -0.05) is 17.7 Å². The molecule has 30 heavy (non-hydrogen) atoms. The molecule has 5 rings (SSSR count). The van der Waals surface area contributed by atoms with Crippen molar-refractivity contribution in [2.24, 2.45) is 0 Å². The molecule has 3 aromatic rings. The number of amides is 1. The first-order valence-electron chi connectivity index (χ1n) is 10.4. The minimum Gasteiger partial charge on any atom is -0.340 e. The molecule has 1 saturated heterocycles. The van der Waals surface area contributed by atoms with Gasteiger partial charge in [-0.15, -0.1) is 5.10 Å². The minimum atomic E-state index is -0.234. The van der Waals surface area contributed by atoms with Crippen molar-refractivity contribution in [2.45, 2.75) is 44.9 Å². The van der Waals surface area contributed by atoms with Gasteiger partial charge in [0.25, 0.3) is 5.91 Å². The zero-order valence-electron chi connectivity index (χ0n) is 16.9. The van der Waals surface area contributed by atoms with Gasteiger partial charge in [0.15, 0.2) is 0 Å². The smallest absolute Gasteiger partial charge is 0.261 e. The second-order valence-electron chi connectivity index (χ2n) is 8.05. The summed E-state index contributed by atoms with van der Waals surface area (Å²) in [7, 11) is 0. The molecule has 0 atom stereocenters. The van der Waals surface area contributed by atoms with Crippen LogP contribution in [0.1, 0.15) is 59.6 Å². The van der Waals surface area contributed by atoms with Crippen molar-refractivity contribution in [3.63, 3.8) is 0 Å². The number of benzene rings is 1. The van der Waals surface area contributed by atoms with E-state index in [9.17, 15) is 4.79 Å². The van der Waals surface area contributed by atoms with Gasteiger partial charge in [0.1, 0.15) is 0 Å². The fourth-order valence-corrected chi connectivity index (χ4v) is 4.10. The van der Waals surface area contributed by atoms with Crippen LogP contribution in [0.2, 0.25) is 5.02 Å². The summed E-state index contributed by atoms with van der Waals surface area (Å²) in [6.07, 6.45) is 7.25. The molecule has 0 radical (unpaired) electrons. The SMILES string of the molecule is Cc1ccc(-n2ncc(C(=O)Nc3nc(N4CCCCC4)n[nH]3)c2C2CC2)cc1Cl. The molecule has 2 fully saturated rings. The van der Waals surface area contributed by atoms with E-state index in [1.54, 1.807) is 6.20 Å². The average molecular weight is 426 g/mol. The maximum absolute atomic E-state index is 13.0. The Morgan fingerprint density at radius 3 is 2.77 bits per heavy atom. The van der Waals surface area contributed by atoms with Crippen molar-refractivity contribution < 1.29 is 4.79 Å². The zero-order chi connectivity index (χ0) is 20.7. The van der Waals surface area contributed by atoms with E-state index in [-0.39, 0.29) is 5.91 Å². The summed E-state index contributed by atoms with van der Waals surface area (Å²) in [5.41, 5.74) is 3.35. The Labute approximate surface area is 179 Å². The van der Waals surface area contributed by atoms with E-state index in [0.29, 0.717) is 28.4 Å². The molecular weight excluding hydrogens is 402 g/mol. The monoisotopic (exact) mass is 425 g/mol. The molecule has 2 aliphatic rings. The highest BCUT2D eigenvalue weighted by atomic mass is 35.5. The maximum atomic E-state index is 13.0. The lowest BCUT2D eigenvalue weighted by atomic mass is 10.1.